The van der Waals surface area contributed by atoms with Crippen molar-refractivity contribution in [2.75, 3.05) is 0 Å². The summed E-state index contributed by atoms with van der Waals surface area (Å²) in [6.45, 7) is 13.5. The van der Waals surface area contributed by atoms with Crippen LogP contribution in [-0.2, 0) is 13.5 Å². The van der Waals surface area contributed by atoms with Gasteiger partial charge in [-0.3, -0.25) is 0 Å². The lowest BCUT2D eigenvalue weighted by Gasteiger charge is -2.34. The van der Waals surface area contributed by atoms with Gasteiger partial charge in [-0.05, 0) is 90.1 Å². The first-order valence-corrected chi connectivity index (χ1v) is 15.0. The summed E-state index contributed by atoms with van der Waals surface area (Å²) in [5, 5.41) is 1.89. The number of aryl methyl sites for hydroxylation is 2. The topological polar surface area (TPSA) is 17.0 Å². The monoisotopic (exact) mass is 549 g/mol. The number of rotatable bonds is 4. The molecular formula is C38H43FNO+. The van der Waals surface area contributed by atoms with Crippen molar-refractivity contribution in [1.82, 2.24) is 0 Å². The smallest absolute Gasteiger partial charge is 0.216 e. The molecule has 2 nitrogen and oxygen atoms in total. The highest BCUT2D eigenvalue weighted by atomic mass is 19.1. The Hall–Kier alpha value is -3.46. The van der Waals surface area contributed by atoms with Crippen molar-refractivity contribution >= 4 is 21.9 Å². The van der Waals surface area contributed by atoms with Gasteiger partial charge in [-0.1, -0.05) is 71.0 Å². The van der Waals surface area contributed by atoms with Crippen LogP contribution in [0.3, 0.4) is 0 Å². The molecule has 0 radical (unpaired) electrons. The maximum atomic E-state index is 15.6. The Balaban J connectivity index is 1.47. The summed E-state index contributed by atoms with van der Waals surface area (Å²) in [6.07, 6.45) is 6.88. The number of pyridine rings is 1. The third-order valence-electron chi connectivity index (χ3n) is 8.96. The Morgan fingerprint density at radius 2 is 1.56 bits per heavy atom. The second kappa shape index (κ2) is 10.1. The minimum Gasteiger partial charge on any atom is -0.454 e. The van der Waals surface area contributed by atoms with Gasteiger partial charge in [0.15, 0.2) is 6.20 Å². The molecule has 0 aliphatic heterocycles. The standard InChI is InChI=1S/C38H43FNO/c1-24-8-13-29-30-14-15-31(39)34(28-11-9-26(10-12-28)27-16-19-38(5,6)20-17-27)36(30)41-35(29)33(24)32-22-25(18-21-40(32)7)23-37(2,3)4/h8-15,18,21-22,27H,16-17,19-20,23H2,1-7H3/q+1/i27D. The van der Waals surface area contributed by atoms with Crippen LogP contribution in [0.1, 0.15) is 84.3 Å². The molecule has 5 aromatic rings. The van der Waals surface area contributed by atoms with Crippen molar-refractivity contribution in [3.8, 4) is 22.4 Å². The largest absolute Gasteiger partial charge is 0.454 e. The molecule has 0 unspecified atom stereocenters. The molecule has 2 heterocycles. The fourth-order valence-electron chi connectivity index (χ4n) is 6.54. The van der Waals surface area contributed by atoms with E-state index in [0.29, 0.717) is 16.6 Å². The SMILES string of the molecule is [2H]C1(c2ccc(-c3c(F)ccc4c3oc3c(-c5cc(CC(C)(C)C)cc[n+]5C)c(C)ccc34)cc2)CCC(C)(C)CC1. The Labute approximate surface area is 245 Å². The third kappa shape index (κ3) is 5.32. The number of hydrogen-bond donors (Lipinski definition) is 0. The predicted octanol–water partition coefficient (Wildman–Crippen LogP) is 10.5. The van der Waals surface area contributed by atoms with Crippen molar-refractivity contribution in [2.24, 2.45) is 17.9 Å². The summed E-state index contributed by atoms with van der Waals surface area (Å²) in [5.74, 6) is -0.883. The molecular weight excluding hydrogens is 505 g/mol. The number of benzene rings is 3. The second-order valence-electron chi connectivity index (χ2n) is 14.1. The van der Waals surface area contributed by atoms with Crippen LogP contribution >= 0.6 is 0 Å². The molecule has 2 aromatic heterocycles. The zero-order valence-electron chi connectivity index (χ0n) is 26.6. The molecule has 0 spiro atoms. The molecule has 41 heavy (non-hydrogen) atoms. The van der Waals surface area contributed by atoms with Gasteiger partial charge in [-0.15, -0.1) is 0 Å². The molecule has 1 fully saturated rings. The van der Waals surface area contributed by atoms with E-state index in [4.69, 9.17) is 4.42 Å². The molecule has 3 aromatic carbocycles. The normalized spacial score (nSPS) is 17.2. The van der Waals surface area contributed by atoms with Crippen LogP contribution in [0.2, 0.25) is 0 Å². The van der Waals surface area contributed by atoms with Crippen molar-refractivity contribution in [2.45, 2.75) is 79.5 Å². The summed E-state index contributed by atoms with van der Waals surface area (Å²) in [4.78, 5) is 0. The second-order valence-corrected chi connectivity index (χ2v) is 14.1. The molecule has 0 saturated heterocycles. The molecule has 1 aliphatic carbocycles. The Morgan fingerprint density at radius 1 is 0.927 bits per heavy atom. The number of furan rings is 1. The molecule has 6 rings (SSSR count). The van der Waals surface area contributed by atoms with E-state index >= 15 is 4.39 Å². The lowest BCUT2D eigenvalue weighted by atomic mass is 9.71. The van der Waals surface area contributed by atoms with E-state index in [9.17, 15) is 1.37 Å². The number of hydrogen-bond acceptors (Lipinski definition) is 1. The van der Waals surface area contributed by atoms with Crippen LogP contribution in [0.5, 0.6) is 0 Å². The van der Waals surface area contributed by atoms with E-state index in [2.05, 4.69) is 83.6 Å². The van der Waals surface area contributed by atoms with E-state index in [1.165, 1.54) is 5.56 Å². The molecule has 1 saturated carbocycles. The zero-order chi connectivity index (χ0) is 30.0. The number of fused-ring (bicyclic) bond motifs is 3. The maximum Gasteiger partial charge on any atom is 0.216 e. The van der Waals surface area contributed by atoms with Crippen molar-refractivity contribution < 1.29 is 14.7 Å². The zero-order valence-corrected chi connectivity index (χ0v) is 25.6. The van der Waals surface area contributed by atoms with E-state index in [0.717, 1.165) is 76.4 Å². The first-order chi connectivity index (χ1) is 19.7. The molecule has 0 bridgehead atoms. The highest BCUT2D eigenvalue weighted by molar-refractivity contribution is 6.13. The van der Waals surface area contributed by atoms with E-state index < -0.39 is 5.89 Å². The molecule has 212 valence electrons. The van der Waals surface area contributed by atoms with Gasteiger partial charge in [-0.25, -0.2) is 8.96 Å². The van der Waals surface area contributed by atoms with Crippen LogP contribution in [0.15, 0.2) is 71.3 Å². The average Bonchev–Trinajstić information content (AvgIpc) is 3.29. The fraction of sp³-hybridized carbons (Fsp3) is 0.395. The summed E-state index contributed by atoms with van der Waals surface area (Å²) in [6, 6.07) is 20.1. The van der Waals surface area contributed by atoms with Crippen LogP contribution in [0, 0.1) is 23.6 Å². The van der Waals surface area contributed by atoms with Gasteiger partial charge in [0, 0.05) is 24.3 Å². The Kier molecular flexibility index (Phi) is 6.52. The average molecular weight is 550 g/mol. The van der Waals surface area contributed by atoms with Crippen molar-refractivity contribution in [1.29, 1.82) is 0 Å². The molecule has 0 N–H and O–H groups in total. The minimum absolute atomic E-state index is 0.173. The van der Waals surface area contributed by atoms with E-state index in [1.807, 2.05) is 30.3 Å². The van der Waals surface area contributed by atoms with Crippen molar-refractivity contribution in [3.05, 3.63) is 89.4 Å². The lowest BCUT2D eigenvalue weighted by Crippen LogP contribution is -2.31. The van der Waals surface area contributed by atoms with Crippen LogP contribution in [-0.4, -0.2) is 0 Å². The van der Waals surface area contributed by atoms with Gasteiger partial charge in [0.1, 0.15) is 24.0 Å². The highest BCUT2D eigenvalue weighted by Gasteiger charge is 2.28. The van der Waals surface area contributed by atoms with E-state index in [-0.39, 0.29) is 11.2 Å². The van der Waals surface area contributed by atoms with Gasteiger partial charge < -0.3 is 4.42 Å². The summed E-state index contributed by atoms with van der Waals surface area (Å²) >= 11 is 0. The first-order valence-electron chi connectivity index (χ1n) is 15.5. The number of halogens is 1. The third-order valence-corrected chi connectivity index (χ3v) is 8.96. The van der Waals surface area contributed by atoms with Crippen LogP contribution < -0.4 is 4.57 Å². The minimum atomic E-state index is -0.582. The summed E-state index contributed by atoms with van der Waals surface area (Å²) in [7, 11) is 2.07. The maximum absolute atomic E-state index is 15.6. The van der Waals surface area contributed by atoms with Crippen molar-refractivity contribution in [3.63, 3.8) is 0 Å². The van der Waals surface area contributed by atoms with Gasteiger partial charge in [0.2, 0.25) is 5.69 Å². The van der Waals surface area contributed by atoms with Gasteiger partial charge in [0.05, 0.1) is 11.1 Å². The van der Waals surface area contributed by atoms with Gasteiger partial charge >= 0.3 is 0 Å². The van der Waals surface area contributed by atoms with E-state index in [1.54, 1.807) is 6.07 Å². The number of aromatic nitrogens is 1. The number of nitrogens with zero attached hydrogens (tertiary/aromatic N) is 1. The molecule has 1 aliphatic rings. The van der Waals surface area contributed by atoms with Crippen LogP contribution in [0.25, 0.3) is 44.3 Å². The van der Waals surface area contributed by atoms with Gasteiger partial charge in [-0.2, -0.15) is 0 Å². The molecule has 3 heteroatoms. The van der Waals surface area contributed by atoms with Crippen LogP contribution in [0.4, 0.5) is 4.39 Å². The summed E-state index contributed by atoms with van der Waals surface area (Å²) < 4.78 is 33.6. The Morgan fingerprint density at radius 3 is 2.22 bits per heavy atom. The van der Waals surface area contributed by atoms with Gasteiger partial charge in [0.25, 0.3) is 0 Å². The molecule has 0 amide bonds. The fourth-order valence-corrected chi connectivity index (χ4v) is 6.54. The summed E-state index contributed by atoms with van der Waals surface area (Å²) in [5.41, 5.74) is 8.62. The lowest BCUT2D eigenvalue weighted by molar-refractivity contribution is -0.660. The quantitative estimate of drug-likeness (QED) is 0.204. The molecule has 0 atom stereocenters. The Bertz CT molecular complexity index is 1800. The predicted molar refractivity (Wildman–Crippen MR) is 169 cm³/mol. The first kappa shape index (κ1) is 26.4. The highest BCUT2D eigenvalue weighted by Crippen LogP contribution is 2.44.